The van der Waals surface area contributed by atoms with E-state index in [1.165, 1.54) is 13.0 Å². The summed E-state index contributed by atoms with van der Waals surface area (Å²) in [6.45, 7) is 1.39. The van der Waals surface area contributed by atoms with Crippen molar-refractivity contribution in [3.05, 3.63) is 28.2 Å². The van der Waals surface area contributed by atoms with E-state index in [1.54, 1.807) is 12.1 Å². The largest absolute Gasteiger partial charge is 0.508 e. The molecule has 0 radical (unpaired) electrons. The molecule has 13 heavy (non-hydrogen) atoms. The summed E-state index contributed by atoms with van der Waals surface area (Å²) in [5, 5.41) is 8.62. The summed E-state index contributed by atoms with van der Waals surface area (Å²) in [6, 6.07) is 4.81. The number of rotatable bonds is 2. The lowest BCUT2D eigenvalue weighted by molar-refractivity contribution is -0.116. The van der Waals surface area contributed by atoms with Gasteiger partial charge >= 0.3 is 0 Å². The Morgan fingerprint density at radius 2 is 2.23 bits per heavy atom. The fraction of sp³-hybridized carbons (Fsp3) is 0.222. The Morgan fingerprint density at radius 1 is 1.62 bits per heavy atom. The highest BCUT2D eigenvalue weighted by Crippen LogP contribution is 2.31. The van der Waals surface area contributed by atoms with Gasteiger partial charge in [-0.05, 0) is 25.1 Å². The molecule has 4 heteroatoms. The molecule has 0 heterocycles. The van der Waals surface area contributed by atoms with Crippen LogP contribution in [-0.2, 0) is 4.79 Å². The van der Waals surface area contributed by atoms with Crippen molar-refractivity contribution in [2.45, 2.75) is 12.3 Å². The van der Waals surface area contributed by atoms with Gasteiger partial charge in [0, 0.05) is 10.0 Å². The maximum atomic E-state index is 10.9. The van der Waals surface area contributed by atoms with Crippen molar-refractivity contribution in [2.75, 3.05) is 0 Å². The van der Waals surface area contributed by atoms with Crippen molar-refractivity contribution in [2.24, 2.45) is 0 Å². The maximum Gasteiger partial charge on any atom is 0.152 e. The molecule has 2 nitrogen and oxygen atoms in total. The van der Waals surface area contributed by atoms with Crippen molar-refractivity contribution in [1.82, 2.24) is 0 Å². The minimum atomic E-state index is -0.780. The molecule has 1 aromatic carbocycles. The number of benzene rings is 1. The highest BCUT2D eigenvalue weighted by molar-refractivity contribution is 9.10. The number of carbonyl (C=O) groups is 1. The molecule has 0 aliphatic rings. The van der Waals surface area contributed by atoms with Gasteiger partial charge in [0.25, 0.3) is 0 Å². The molecule has 1 N–H and O–H groups in total. The van der Waals surface area contributed by atoms with Crippen LogP contribution in [0.25, 0.3) is 0 Å². The van der Waals surface area contributed by atoms with Crippen LogP contribution in [0, 0.1) is 0 Å². The Hall–Kier alpha value is -0.540. The van der Waals surface area contributed by atoms with Gasteiger partial charge in [0.2, 0.25) is 0 Å². The highest BCUT2D eigenvalue weighted by atomic mass is 79.9. The molecule has 0 aromatic heterocycles. The lowest BCUT2D eigenvalue weighted by atomic mass is 10.1. The molecule has 0 bridgehead atoms. The molecule has 0 saturated heterocycles. The van der Waals surface area contributed by atoms with Crippen LogP contribution in [0.2, 0.25) is 0 Å². The van der Waals surface area contributed by atoms with Crippen LogP contribution < -0.4 is 0 Å². The highest BCUT2D eigenvalue weighted by Gasteiger charge is 2.16. The third-order valence-electron chi connectivity index (χ3n) is 1.62. The van der Waals surface area contributed by atoms with Crippen LogP contribution in [0.1, 0.15) is 17.9 Å². The van der Waals surface area contributed by atoms with Crippen LogP contribution in [0.5, 0.6) is 5.75 Å². The predicted octanol–water partition coefficient (Wildman–Crippen LogP) is 3.02. The van der Waals surface area contributed by atoms with Gasteiger partial charge in [-0.3, -0.25) is 4.79 Å². The van der Waals surface area contributed by atoms with Gasteiger partial charge in [-0.2, -0.15) is 0 Å². The van der Waals surface area contributed by atoms with E-state index < -0.39 is 5.38 Å². The number of hydrogen-bond donors (Lipinski definition) is 1. The van der Waals surface area contributed by atoms with Gasteiger partial charge in [-0.15, -0.1) is 11.6 Å². The number of aromatic hydroxyl groups is 1. The molecule has 0 aliphatic heterocycles. The first kappa shape index (κ1) is 10.5. The number of phenols is 1. The SMILES string of the molecule is CC(=O)C(Cl)c1cc(Br)ccc1O. The lowest BCUT2D eigenvalue weighted by Gasteiger charge is -2.08. The molecule has 0 saturated carbocycles. The molecule has 70 valence electrons. The summed E-state index contributed by atoms with van der Waals surface area (Å²) >= 11 is 9.02. The monoisotopic (exact) mass is 262 g/mol. The number of halogens is 2. The number of hydrogen-bond acceptors (Lipinski definition) is 2. The van der Waals surface area contributed by atoms with E-state index in [2.05, 4.69) is 15.9 Å². The van der Waals surface area contributed by atoms with E-state index in [4.69, 9.17) is 11.6 Å². The topological polar surface area (TPSA) is 37.3 Å². The summed E-state index contributed by atoms with van der Waals surface area (Å²) in [6.07, 6.45) is 0. The first-order chi connectivity index (χ1) is 6.02. The third kappa shape index (κ3) is 2.45. The van der Waals surface area contributed by atoms with Crippen LogP contribution >= 0.6 is 27.5 Å². The molecule has 1 rings (SSSR count). The van der Waals surface area contributed by atoms with Gasteiger partial charge in [0.15, 0.2) is 5.78 Å². The average molecular weight is 264 g/mol. The zero-order valence-corrected chi connectivity index (χ0v) is 9.26. The molecular formula is C9H8BrClO2. The van der Waals surface area contributed by atoms with Gasteiger partial charge in [-0.25, -0.2) is 0 Å². The Morgan fingerprint density at radius 3 is 2.77 bits per heavy atom. The summed E-state index contributed by atoms with van der Waals surface area (Å²) in [5.41, 5.74) is 0.434. The molecule has 0 fully saturated rings. The van der Waals surface area contributed by atoms with E-state index in [-0.39, 0.29) is 11.5 Å². The quantitative estimate of drug-likeness (QED) is 0.833. The fourth-order valence-electron chi connectivity index (χ4n) is 0.947. The van der Waals surface area contributed by atoms with Crippen molar-refractivity contribution in [3.63, 3.8) is 0 Å². The molecular weight excluding hydrogens is 255 g/mol. The Balaban J connectivity index is 3.12. The van der Waals surface area contributed by atoms with E-state index in [9.17, 15) is 9.90 Å². The van der Waals surface area contributed by atoms with Crippen molar-refractivity contribution >= 4 is 33.3 Å². The normalized spacial score (nSPS) is 12.5. The fourth-order valence-corrected chi connectivity index (χ4v) is 1.50. The minimum absolute atomic E-state index is 0.0402. The van der Waals surface area contributed by atoms with Crippen molar-refractivity contribution in [3.8, 4) is 5.75 Å². The lowest BCUT2D eigenvalue weighted by Crippen LogP contribution is -2.01. The van der Waals surface area contributed by atoms with E-state index in [0.717, 1.165) is 4.47 Å². The van der Waals surface area contributed by atoms with Gasteiger partial charge in [0.1, 0.15) is 11.1 Å². The third-order valence-corrected chi connectivity index (χ3v) is 2.66. The summed E-state index contributed by atoms with van der Waals surface area (Å²) in [7, 11) is 0. The Bertz CT molecular complexity index is 338. The number of carbonyl (C=O) groups excluding carboxylic acids is 1. The van der Waals surface area contributed by atoms with Gasteiger partial charge < -0.3 is 5.11 Å². The zero-order chi connectivity index (χ0) is 10.0. The zero-order valence-electron chi connectivity index (χ0n) is 6.92. The van der Waals surface area contributed by atoms with Crippen LogP contribution in [0.15, 0.2) is 22.7 Å². The molecule has 1 unspecified atom stereocenters. The van der Waals surface area contributed by atoms with Crippen molar-refractivity contribution < 1.29 is 9.90 Å². The smallest absolute Gasteiger partial charge is 0.152 e. The minimum Gasteiger partial charge on any atom is -0.508 e. The first-order valence-corrected chi connectivity index (χ1v) is 4.88. The molecule has 1 atom stereocenters. The number of phenolic OH excluding ortho intramolecular Hbond substituents is 1. The average Bonchev–Trinajstić information content (AvgIpc) is 2.08. The van der Waals surface area contributed by atoms with E-state index in [0.29, 0.717) is 5.56 Å². The van der Waals surface area contributed by atoms with Gasteiger partial charge in [-0.1, -0.05) is 15.9 Å². The molecule has 0 amide bonds. The molecule has 0 aliphatic carbocycles. The second-order valence-corrected chi connectivity index (χ2v) is 4.03. The maximum absolute atomic E-state index is 10.9. The van der Waals surface area contributed by atoms with Gasteiger partial charge in [0.05, 0.1) is 0 Å². The Kier molecular flexibility index (Phi) is 3.33. The van der Waals surface area contributed by atoms with E-state index >= 15 is 0 Å². The second-order valence-electron chi connectivity index (χ2n) is 2.68. The standard InChI is InChI=1S/C9H8BrClO2/c1-5(12)9(11)7-4-6(10)2-3-8(7)13/h2-4,9,13H,1H3. The number of ketones is 1. The number of alkyl halides is 1. The summed E-state index contributed by atoms with van der Waals surface area (Å²) in [4.78, 5) is 10.9. The summed E-state index contributed by atoms with van der Waals surface area (Å²) in [5.74, 6) is -0.145. The van der Waals surface area contributed by atoms with Crippen LogP contribution in [0.3, 0.4) is 0 Å². The molecule has 0 spiro atoms. The second kappa shape index (κ2) is 4.11. The Labute approximate surface area is 89.7 Å². The van der Waals surface area contributed by atoms with Crippen LogP contribution in [0.4, 0.5) is 0 Å². The van der Waals surface area contributed by atoms with Crippen LogP contribution in [-0.4, -0.2) is 10.9 Å². The molecule has 1 aromatic rings. The number of Topliss-reactive ketones (excluding diaryl/α,β-unsaturated/α-hetero) is 1. The first-order valence-electron chi connectivity index (χ1n) is 3.65. The summed E-state index contributed by atoms with van der Waals surface area (Å²) < 4.78 is 0.784. The predicted molar refractivity (Wildman–Crippen MR) is 55.1 cm³/mol. The van der Waals surface area contributed by atoms with E-state index in [1.807, 2.05) is 0 Å². The van der Waals surface area contributed by atoms with Crippen molar-refractivity contribution in [1.29, 1.82) is 0 Å².